The van der Waals surface area contributed by atoms with Crippen molar-refractivity contribution in [3.63, 3.8) is 0 Å². The van der Waals surface area contributed by atoms with Gasteiger partial charge in [-0.25, -0.2) is 4.74 Å². The van der Waals surface area contributed by atoms with Gasteiger partial charge in [0.05, 0.1) is 6.61 Å². The Labute approximate surface area is 391 Å². The molecule has 1 N–H and O–H groups in total. The molecule has 2 heterocycles. The molecular weight excluding hydrogens is 927 g/mol. The molecule has 0 saturated carbocycles. The van der Waals surface area contributed by atoms with Gasteiger partial charge in [-0.3, -0.25) is 8.98 Å². The number of unbranched alkanes of at least 4 members (excludes halogenated alkanes) is 18. The average Bonchev–Trinajstić information content (AvgIpc) is 3.28. The number of methoxy groups -OCH3 is 1. The van der Waals surface area contributed by atoms with Gasteiger partial charge in [-0.15, -0.1) is 0 Å². The third-order valence-corrected chi connectivity index (χ3v) is 13.0. The summed E-state index contributed by atoms with van der Waals surface area (Å²) in [6.07, 6.45) is -6.53. The number of carbonyl (C=O) groups is 1. The van der Waals surface area contributed by atoms with E-state index in [0.717, 1.165) is 90.7 Å². The number of carbonyl (C=O) groups excluding carboxylic acids is 1. The van der Waals surface area contributed by atoms with Gasteiger partial charge >= 0.3 is 33.5 Å². The molecule has 1 amide bonds. The van der Waals surface area contributed by atoms with Crippen molar-refractivity contribution in [2.45, 2.75) is 215 Å². The van der Waals surface area contributed by atoms with E-state index >= 15 is 8.78 Å². The van der Waals surface area contributed by atoms with Crippen molar-refractivity contribution in [2.24, 2.45) is 0 Å². The van der Waals surface area contributed by atoms with Crippen molar-refractivity contribution in [3.05, 3.63) is 35.9 Å². The predicted molar refractivity (Wildman–Crippen MR) is 232 cm³/mol. The Bertz CT molecular complexity index is 1620. The van der Waals surface area contributed by atoms with Crippen molar-refractivity contribution >= 4 is 16.0 Å². The fourth-order valence-corrected chi connectivity index (χ4v) is 8.73. The zero-order chi connectivity index (χ0) is 49.4. The monoisotopic (exact) mass is 999 g/mol. The molecule has 3 rings (SSSR count). The first kappa shape index (κ1) is 59.1. The van der Waals surface area contributed by atoms with Gasteiger partial charge in [-0.2, -0.15) is 43.5 Å². The van der Waals surface area contributed by atoms with Crippen molar-refractivity contribution in [1.82, 2.24) is 5.32 Å². The Kier molecular flexibility index (Phi) is 26.3. The Morgan fingerprint density at radius 2 is 1.27 bits per heavy atom. The summed E-state index contributed by atoms with van der Waals surface area (Å²) in [7, 11) is -6.13. The SMILES string of the molecule is CCCCCCCCNC(=O)CCCCCCCCCCCCCCCCC(F)(F)C(F)(F)OC(F)(F)C(F)(F)S(=O)(=O)O[C@@H]1[C@H](OC)O[C@@H]2COC(c3ccccc3)O[C@H]2[C@@H]1OCOCC. The van der Waals surface area contributed by atoms with Crippen LogP contribution in [-0.4, -0.2) is 102 Å². The van der Waals surface area contributed by atoms with Crippen LogP contribution >= 0.6 is 0 Å². The first-order chi connectivity index (χ1) is 31.8. The lowest BCUT2D eigenvalue weighted by molar-refractivity contribution is -0.457. The molecule has 0 bridgehead atoms. The highest BCUT2D eigenvalue weighted by atomic mass is 32.2. The minimum absolute atomic E-state index is 0.0155. The number of hydrogen-bond acceptors (Lipinski definition) is 11. The highest BCUT2D eigenvalue weighted by Gasteiger charge is 2.75. The molecule has 0 aromatic heterocycles. The van der Waals surface area contributed by atoms with E-state index in [2.05, 4.69) is 21.2 Å². The van der Waals surface area contributed by atoms with Gasteiger partial charge in [0, 0.05) is 38.7 Å². The van der Waals surface area contributed by atoms with Crippen molar-refractivity contribution in [2.75, 3.05) is 33.7 Å². The molecule has 2 fully saturated rings. The number of ether oxygens (including phenoxy) is 7. The number of rotatable bonds is 37. The summed E-state index contributed by atoms with van der Waals surface area (Å²) in [6, 6.07) is 8.22. The van der Waals surface area contributed by atoms with Crippen LogP contribution in [0.5, 0.6) is 0 Å². The third kappa shape index (κ3) is 19.1. The Hall–Kier alpha value is -2.24. The van der Waals surface area contributed by atoms with Gasteiger partial charge in [-0.1, -0.05) is 146 Å². The number of fused-ring (bicyclic) bond motifs is 1. The van der Waals surface area contributed by atoms with Gasteiger partial charge < -0.3 is 33.7 Å². The summed E-state index contributed by atoms with van der Waals surface area (Å²) in [5.41, 5.74) is 0.466. The quantitative estimate of drug-likeness (QED) is 0.0295. The van der Waals surface area contributed by atoms with E-state index < -0.39 is 90.1 Å². The van der Waals surface area contributed by atoms with E-state index in [-0.39, 0.29) is 25.5 Å². The molecule has 2 aliphatic rings. The van der Waals surface area contributed by atoms with E-state index in [1.54, 1.807) is 37.3 Å². The summed E-state index contributed by atoms with van der Waals surface area (Å²) in [5, 5.41) is -3.68. The van der Waals surface area contributed by atoms with Crippen molar-refractivity contribution in [1.29, 1.82) is 0 Å². The summed E-state index contributed by atoms with van der Waals surface area (Å²) < 4.78 is 185. The van der Waals surface area contributed by atoms with Crippen LogP contribution < -0.4 is 5.32 Å². The largest absolute Gasteiger partial charge is 0.460 e. The van der Waals surface area contributed by atoms with Crippen LogP contribution in [0.2, 0.25) is 0 Å². The Morgan fingerprint density at radius 3 is 1.84 bits per heavy atom. The molecule has 0 radical (unpaired) electrons. The second-order valence-electron chi connectivity index (χ2n) is 17.1. The van der Waals surface area contributed by atoms with Crippen molar-refractivity contribution in [3.8, 4) is 0 Å². The number of halogens is 8. The molecule has 6 atom stereocenters. The van der Waals surface area contributed by atoms with Crippen LogP contribution in [0.1, 0.15) is 167 Å². The first-order valence-electron chi connectivity index (χ1n) is 23.9. The van der Waals surface area contributed by atoms with Crippen LogP contribution in [0.25, 0.3) is 0 Å². The second-order valence-corrected chi connectivity index (χ2v) is 18.7. The molecule has 2 aliphatic heterocycles. The standard InChI is InChI=1S/C46H73F8NO11S/c1-4-6-7-8-21-27-32-55-37(56)30-25-19-17-15-13-11-9-10-12-14-16-18-20-26-31-43(47,48)44(49,50)66-45(51,52)46(53,54)67(57,58)65-40-39(62-34-60-5-2)38-36(63-42(40)59-3)33-61-41(64-38)35-28-23-22-24-29-35/h22-24,28-29,36,38-42H,4-21,25-27,30-34H2,1-3H3,(H,55,56)/t36-,38-,39+,40+,41?,42-/m1/s1. The van der Waals surface area contributed by atoms with Crippen LogP contribution in [0.3, 0.4) is 0 Å². The number of alkyl halides is 8. The minimum Gasteiger partial charge on any atom is -0.356 e. The van der Waals surface area contributed by atoms with Gasteiger partial charge in [-0.05, 0) is 26.2 Å². The summed E-state index contributed by atoms with van der Waals surface area (Å²) in [4.78, 5) is 12.0. The average molecular weight is 1000 g/mol. The molecule has 21 heteroatoms. The minimum atomic E-state index is -7.06. The maximum absolute atomic E-state index is 15.2. The lowest BCUT2D eigenvalue weighted by Gasteiger charge is -2.48. The number of hydrogen-bond donors (Lipinski definition) is 1. The molecule has 2 saturated heterocycles. The molecule has 0 aliphatic carbocycles. The zero-order valence-electron chi connectivity index (χ0n) is 39.2. The van der Waals surface area contributed by atoms with Crippen LogP contribution in [0.4, 0.5) is 35.1 Å². The molecule has 390 valence electrons. The third-order valence-electron chi connectivity index (χ3n) is 11.7. The fourth-order valence-electron chi connectivity index (χ4n) is 7.79. The second kappa shape index (κ2) is 29.8. The number of amides is 1. The fraction of sp³-hybridized carbons (Fsp3) is 0.848. The summed E-state index contributed by atoms with van der Waals surface area (Å²) in [6.45, 7) is 3.68. The zero-order valence-corrected chi connectivity index (χ0v) is 40.0. The molecular formula is C46H73F8NO11S. The van der Waals surface area contributed by atoms with E-state index in [1.165, 1.54) is 25.7 Å². The topological polar surface area (TPSA) is 137 Å². The van der Waals surface area contributed by atoms with Gasteiger partial charge in [0.25, 0.3) is 0 Å². The molecule has 1 aromatic carbocycles. The highest BCUT2D eigenvalue weighted by molar-refractivity contribution is 7.87. The highest BCUT2D eigenvalue weighted by Crippen LogP contribution is 2.49. The lowest BCUT2D eigenvalue weighted by atomic mass is 9.97. The molecule has 67 heavy (non-hydrogen) atoms. The van der Waals surface area contributed by atoms with Crippen LogP contribution in [0.15, 0.2) is 30.3 Å². The lowest BCUT2D eigenvalue weighted by Crippen LogP contribution is -2.65. The van der Waals surface area contributed by atoms with Crippen LogP contribution in [-0.2, 0) is 52.3 Å². The molecule has 0 spiro atoms. The Balaban J connectivity index is 1.39. The normalized spacial score (nSPS) is 21.9. The number of benzene rings is 1. The van der Waals surface area contributed by atoms with E-state index in [0.29, 0.717) is 24.8 Å². The molecule has 12 nitrogen and oxygen atoms in total. The van der Waals surface area contributed by atoms with Gasteiger partial charge in [0.2, 0.25) is 5.91 Å². The van der Waals surface area contributed by atoms with Gasteiger partial charge in [0.15, 0.2) is 18.7 Å². The predicted octanol–water partition coefficient (Wildman–Crippen LogP) is 11.7. The molecule has 1 unspecified atom stereocenters. The smallest absolute Gasteiger partial charge is 0.356 e. The first-order valence-corrected chi connectivity index (χ1v) is 25.4. The van der Waals surface area contributed by atoms with E-state index in [4.69, 9.17) is 28.4 Å². The van der Waals surface area contributed by atoms with Crippen LogP contribution in [0, 0.1) is 0 Å². The van der Waals surface area contributed by atoms with Crippen molar-refractivity contribution < 1.29 is 85.7 Å². The van der Waals surface area contributed by atoms with E-state index in [9.17, 15) is 39.6 Å². The summed E-state index contributed by atoms with van der Waals surface area (Å²) in [5.74, 6) is -5.27. The van der Waals surface area contributed by atoms with E-state index in [1.807, 2.05) is 0 Å². The Morgan fingerprint density at radius 1 is 0.716 bits per heavy atom. The summed E-state index contributed by atoms with van der Waals surface area (Å²) >= 11 is 0. The maximum atomic E-state index is 15.2. The number of nitrogens with one attached hydrogen (secondary N) is 1. The molecule has 1 aromatic rings. The maximum Gasteiger partial charge on any atom is 0.460 e. The van der Waals surface area contributed by atoms with Gasteiger partial charge in [0.1, 0.15) is 25.1 Å².